The van der Waals surface area contributed by atoms with Crippen LogP contribution in [0.4, 0.5) is 0 Å². The van der Waals surface area contributed by atoms with Crippen LogP contribution >= 0.6 is 0 Å². The number of ether oxygens (including phenoxy) is 3. The van der Waals surface area contributed by atoms with Crippen LogP contribution in [0.25, 0.3) is 0 Å². The lowest BCUT2D eigenvalue weighted by atomic mass is 9.90. The third-order valence-electron chi connectivity index (χ3n) is 5.41. The summed E-state index contributed by atoms with van der Waals surface area (Å²) in [7, 11) is 4.92. The molecule has 6 nitrogen and oxygen atoms in total. The van der Waals surface area contributed by atoms with Gasteiger partial charge >= 0.3 is 5.97 Å². The number of likely N-dealkylation sites (tertiary alicyclic amines) is 1. The highest BCUT2D eigenvalue weighted by Crippen LogP contribution is 2.43. The third kappa shape index (κ3) is 3.92. The lowest BCUT2D eigenvalue weighted by Gasteiger charge is -2.38. The Kier molecular flexibility index (Phi) is 6.41. The first-order chi connectivity index (χ1) is 13.6. The standard InChI is InChI=1S/C22H27NO5/c1-26-18-9-5-4-7-16(18)20(23-13-11-15(12-14-23)22(24)25)17-8-6-10-19(27-2)21(17)28-3/h4-10,15,20H,11-14H2,1-3H3,(H,24,25). The molecule has 0 amide bonds. The van der Waals surface area contributed by atoms with Crippen LogP contribution in [-0.2, 0) is 4.79 Å². The van der Waals surface area contributed by atoms with Gasteiger partial charge in [0, 0.05) is 11.1 Å². The van der Waals surface area contributed by atoms with E-state index in [1.165, 1.54) is 0 Å². The molecule has 0 aliphatic carbocycles. The van der Waals surface area contributed by atoms with Gasteiger partial charge in [-0.25, -0.2) is 0 Å². The van der Waals surface area contributed by atoms with Gasteiger partial charge in [-0.15, -0.1) is 0 Å². The molecule has 0 bridgehead atoms. The molecule has 1 aliphatic heterocycles. The van der Waals surface area contributed by atoms with Crippen molar-refractivity contribution in [2.24, 2.45) is 5.92 Å². The Bertz CT molecular complexity index is 814. The monoisotopic (exact) mass is 385 g/mol. The van der Waals surface area contributed by atoms with Crippen molar-refractivity contribution in [1.29, 1.82) is 0 Å². The van der Waals surface area contributed by atoms with Gasteiger partial charge in [-0.2, -0.15) is 0 Å². The van der Waals surface area contributed by atoms with Crippen LogP contribution in [0.2, 0.25) is 0 Å². The number of methoxy groups -OCH3 is 3. The molecule has 2 aromatic rings. The topological polar surface area (TPSA) is 68.2 Å². The zero-order valence-electron chi connectivity index (χ0n) is 16.6. The molecule has 1 aliphatic rings. The van der Waals surface area contributed by atoms with Crippen LogP contribution in [0.3, 0.4) is 0 Å². The maximum atomic E-state index is 11.4. The lowest BCUT2D eigenvalue weighted by Crippen LogP contribution is -2.39. The first kappa shape index (κ1) is 20.0. The molecular formula is C22H27NO5. The van der Waals surface area contributed by atoms with Crippen molar-refractivity contribution in [3.05, 3.63) is 53.6 Å². The second-order valence-electron chi connectivity index (χ2n) is 6.88. The van der Waals surface area contributed by atoms with Gasteiger partial charge in [-0.3, -0.25) is 9.69 Å². The predicted molar refractivity (Wildman–Crippen MR) is 106 cm³/mol. The van der Waals surface area contributed by atoms with Gasteiger partial charge in [0.25, 0.3) is 0 Å². The number of rotatable bonds is 7. The van der Waals surface area contributed by atoms with E-state index in [9.17, 15) is 9.90 Å². The number of hydrogen-bond donors (Lipinski definition) is 1. The SMILES string of the molecule is COc1ccccc1C(c1cccc(OC)c1OC)N1CCC(C(=O)O)CC1. The molecule has 0 aromatic heterocycles. The predicted octanol–water partition coefficient (Wildman–Crippen LogP) is 3.60. The quantitative estimate of drug-likeness (QED) is 0.785. The number of aliphatic carboxylic acids is 1. The minimum absolute atomic E-state index is 0.129. The Balaban J connectivity index is 2.08. The number of benzene rings is 2. The summed E-state index contributed by atoms with van der Waals surface area (Å²) in [5.41, 5.74) is 1.99. The van der Waals surface area contributed by atoms with E-state index in [1.807, 2.05) is 42.5 Å². The molecule has 2 aromatic carbocycles. The summed E-state index contributed by atoms with van der Waals surface area (Å²) in [6, 6.07) is 13.6. The number of carboxylic acids is 1. The molecular weight excluding hydrogens is 358 g/mol. The van der Waals surface area contributed by atoms with E-state index in [0.29, 0.717) is 37.4 Å². The highest BCUT2D eigenvalue weighted by Gasteiger charge is 2.33. The zero-order chi connectivity index (χ0) is 20.1. The zero-order valence-corrected chi connectivity index (χ0v) is 16.6. The highest BCUT2D eigenvalue weighted by molar-refractivity contribution is 5.70. The van der Waals surface area contributed by atoms with Crippen molar-refractivity contribution in [1.82, 2.24) is 4.90 Å². The second kappa shape index (κ2) is 8.97. The van der Waals surface area contributed by atoms with Gasteiger partial charge in [0.2, 0.25) is 0 Å². The molecule has 28 heavy (non-hydrogen) atoms. The Morgan fingerprint density at radius 2 is 1.54 bits per heavy atom. The van der Waals surface area contributed by atoms with E-state index in [4.69, 9.17) is 14.2 Å². The van der Waals surface area contributed by atoms with E-state index in [2.05, 4.69) is 4.90 Å². The Morgan fingerprint density at radius 3 is 2.14 bits per heavy atom. The fourth-order valence-corrected chi connectivity index (χ4v) is 3.99. The van der Waals surface area contributed by atoms with Gasteiger partial charge in [0.15, 0.2) is 11.5 Å². The summed E-state index contributed by atoms with van der Waals surface area (Å²) < 4.78 is 16.8. The van der Waals surface area contributed by atoms with Gasteiger partial charge in [-0.1, -0.05) is 30.3 Å². The third-order valence-corrected chi connectivity index (χ3v) is 5.41. The molecule has 6 heteroatoms. The summed E-state index contributed by atoms with van der Waals surface area (Å²) in [6.45, 7) is 1.36. The highest BCUT2D eigenvalue weighted by atomic mass is 16.5. The molecule has 1 saturated heterocycles. The minimum atomic E-state index is -0.715. The smallest absolute Gasteiger partial charge is 0.306 e. The number of hydrogen-bond acceptors (Lipinski definition) is 5. The fourth-order valence-electron chi connectivity index (χ4n) is 3.99. The van der Waals surface area contributed by atoms with Crippen LogP contribution in [-0.4, -0.2) is 50.4 Å². The molecule has 150 valence electrons. The summed E-state index contributed by atoms with van der Waals surface area (Å²) in [5.74, 6) is 1.13. The maximum absolute atomic E-state index is 11.4. The molecule has 1 fully saturated rings. The minimum Gasteiger partial charge on any atom is -0.496 e. The van der Waals surface area contributed by atoms with Gasteiger partial charge < -0.3 is 19.3 Å². The van der Waals surface area contributed by atoms with Gasteiger partial charge in [0.05, 0.1) is 33.3 Å². The van der Waals surface area contributed by atoms with Crippen LogP contribution < -0.4 is 14.2 Å². The summed E-state index contributed by atoms with van der Waals surface area (Å²) >= 11 is 0. The van der Waals surface area contributed by atoms with Crippen molar-refractivity contribution in [3.8, 4) is 17.2 Å². The largest absolute Gasteiger partial charge is 0.496 e. The average Bonchev–Trinajstić information content (AvgIpc) is 2.74. The molecule has 0 spiro atoms. The fraction of sp³-hybridized carbons (Fsp3) is 0.409. The number of carbonyl (C=O) groups is 1. The Morgan fingerprint density at radius 1 is 0.929 bits per heavy atom. The Hall–Kier alpha value is -2.73. The molecule has 1 heterocycles. The van der Waals surface area contributed by atoms with Crippen LogP contribution in [0.1, 0.15) is 30.0 Å². The molecule has 1 unspecified atom stereocenters. The van der Waals surface area contributed by atoms with Crippen LogP contribution in [0.5, 0.6) is 17.2 Å². The Labute approximate surface area is 165 Å². The molecule has 1 N–H and O–H groups in total. The van der Waals surface area contributed by atoms with Gasteiger partial charge in [0.1, 0.15) is 5.75 Å². The number of carboxylic acid groups (broad SMARTS) is 1. The van der Waals surface area contributed by atoms with Crippen molar-refractivity contribution in [3.63, 3.8) is 0 Å². The normalized spacial score (nSPS) is 16.4. The molecule has 1 atom stereocenters. The second-order valence-corrected chi connectivity index (χ2v) is 6.88. The van der Waals surface area contributed by atoms with E-state index < -0.39 is 5.97 Å². The molecule has 3 rings (SSSR count). The van der Waals surface area contributed by atoms with Crippen molar-refractivity contribution >= 4 is 5.97 Å². The van der Waals surface area contributed by atoms with Crippen LogP contribution in [0.15, 0.2) is 42.5 Å². The first-order valence-electron chi connectivity index (χ1n) is 9.41. The van der Waals surface area contributed by atoms with Gasteiger partial charge in [-0.05, 0) is 38.1 Å². The first-order valence-corrected chi connectivity index (χ1v) is 9.41. The molecule has 0 radical (unpaired) electrons. The van der Waals surface area contributed by atoms with E-state index in [1.54, 1.807) is 21.3 Å². The summed E-state index contributed by atoms with van der Waals surface area (Å²) in [6.07, 6.45) is 1.24. The van der Waals surface area contributed by atoms with E-state index >= 15 is 0 Å². The summed E-state index contributed by atoms with van der Waals surface area (Å²) in [5, 5.41) is 9.35. The van der Waals surface area contributed by atoms with Crippen molar-refractivity contribution < 1.29 is 24.1 Å². The molecule has 0 saturated carbocycles. The van der Waals surface area contributed by atoms with E-state index in [-0.39, 0.29) is 12.0 Å². The maximum Gasteiger partial charge on any atom is 0.306 e. The van der Waals surface area contributed by atoms with Crippen LogP contribution in [0, 0.1) is 5.92 Å². The average molecular weight is 385 g/mol. The van der Waals surface area contributed by atoms with Crippen molar-refractivity contribution in [2.75, 3.05) is 34.4 Å². The summed E-state index contributed by atoms with van der Waals surface area (Å²) in [4.78, 5) is 13.7. The number of para-hydroxylation sites is 2. The number of piperidine rings is 1. The van der Waals surface area contributed by atoms with Crippen molar-refractivity contribution in [2.45, 2.75) is 18.9 Å². The lowest BCUT2D eigenvalue weighted by molar-refractivity contribution is -0.143. The van der Waals surface area contributed by atoms with E-state index in [0.717, 1.165) is 16.9 Å². The number of nitrogens with zero attached hydrogens (tertiary/aromatic N) is 1.